The number of nitrogens with two attached hydrogens (primary N) is 1. The smallest absolute Gasteiger partial charge is 0.239 e. The molecule has 0 bridgehead atoms. The van der Waals surface area contributed by atoms with Crippen molar-refractivity contribution in [1.29, 1.82) is 0 Å². The van der Waals surface area contributed by atoms with Crippen LogP contribution in [0.25, 0.3) is 0 Å². The molecule has 1 rings (SSSR count). The Morgan fingerprint density at radius 1 is 1.53 bits per heavy atom. The van der Waals surface area contributed by atoms with Gasteiger partial charge in [0.05, 0.1) is 6.04 Å². The van der Waals surface area contributed by atoms with Gasteiger partial charge in [-0.3, -0.25) is 4.79 Å². The molecule has 17 heavy (non-hydrogen) atoms. The highest BCUT2D eigenvalue weighted by Crippen LogP contribution is 2.10. The lowest BCUT2D eigenvalue weighted by atomic mass is 10.0. The van der Waals surface area contributed by atoms with E-state index in [1.54, 1.807) is 16.2 Å². The van der Waals surface area contributed by atoms with E-state index in [4.69, 9.17) is 5.73 Å². The van der Waals surface area contributed by atoms with Gasteiger partial charge in [0, 0.05) is 18.5 Å². The Kier molecular flexibility index (Phi) is 7.43. The van der Waals surface area contributed by atoms with Gasteiger partial charge in [0.2, 0.25) is 5.91 Å². The monoisotopic (exact) mass is 276 g/mol. The number of nitrogens with zero attached hydrogens (tertiary/aromatic N) is 1. The number of rotatable bonds is 5. The minimum absolute atomic E-state index is 0. The Hall–Kier alpha value is -0.580. The van der Waals surface area contributed by atoms with Crippen molar-refractivity contribution in [2.24, 2.45) is 11.7 Å². The number of amides is 1. The summed E-state index contributed by atoms with van der Waals surface area (Å²) in [6.45, 7) is 4.67. The second-order valence-corrected chi connectivity index (χ2v) is 5.39. The molecule has 98 valence electrons. The third-order valence-electron chi connectivity index (χ3n) is 2.65. The molecule has 0 aliphatic heterocycles. The van der Waals surface area contributed by atoms with Crippen LogP contribution in [0.1, 0.15) is 18.7 Å². The molecule has 0 radical (unpaired) electrons. The highest BCUT2D eigenvalue weighted by molar-refractivity contribution is 7.09. The fraction of sp³-hybridized carbons (Fsp3) is 0.583. The zero-order chi connectivity index (χ0) is 12.1. The van der Waals surface area contributed by atoms with Crippen LogP contribution in [0.5, 0.6) is 0 Å². The van der Waals surface area contributed by atoms with E-state index in [1.807, 2.05) is 27.0 Å². The van der Waals surface area contributed by atoms with Gasteiger partial charge in [0.15, 0.2) is 0 Å². The van der Waals surface area contributed by atoms with Crippen molar-refractivity contribution in [3.05, 3.63) is 22.4 Å². The number of carbonyl (C=O) groups is 1. The molecule has 1 atom stereocenters. The van der Waals surface area contributed by atoms with Gasteiger partial charge in [-0.25, -0.2) is 0 Å². The molecular formula is C12H21ClN2OS. The quantitative estimate of drug-likeness (QED) is 0.896. The molecule has 0 spiro atoms. The van der Waals surface area contributed by atoms with E-state index in [0.29, 0.717) is 0 Å². The molecule has 1 aromatic rings. The Bertz CT molecular complexity index is 327. The summed E-state index contributed by atoms with van der Waals surface area (Å²) in [4.78, 5) is 14.9. The summed E-state index contributed by atoms with van der Waals surface area (Å²) in [5, 5.41) is 2.05. The lowest BCUT2D eigenvalue weighted by Gasteiger charge is -2.23. The third kappa shape index (κ3) is 5.06. The number of halogens is 1. The molecule has 5 heteroatoms. The minimum atomic E-state index is -0.381. The predicted octanol–water partition coefficient (Wildman–Crippen LogP) is 2.15. The molecule has 0 unspecified atom stereocenters. The van der Waals surface area contributed by atoms with Crippen LogP contribution in [0.4, 0.5) is 0 Å². The average molecular weight is 277 g/mol. The Labute approximate surface area is 113 Å². The topological polar surface area (TPSA) is 46.3 Å². The molecule has 2 N–H and O–H groups in total. The molecule has 0 aliphatic carbocycles. The van der Waals surface area contributed by atoms with Crippen molar-refractivity contribution in [3.8, 4) is 0 Å². The van der Waals surface area contributed by atoms with Crippen molar-refractivity contribution in [3.63, 3.8) is 0 Å². The van der Waals surface area contributed by atoms with Crippen LogP contribution >= 0.6 is 23.7 Å². The van der Waals surface area contributed by atoms with E-state index in [9.17, 15) is 4.79 Å². The number of carbonyl (C=O) groups excluding carboxylic acids is 1. The van der Waals surface area contributed by atoms with Crippen LogP contribution in [0.3, 0.4) is 0 Å². The zero-order valence-corrected chi connectivity index (χ0v) is 12.2. The van der Waals surface area contributed by atoms with Gasteiger partial charge in [-0.15, -0.1) is 23.7 Å². The number of hydrogen-bond donors (Lipinski definition) is 1. The van der Waals surface area contributed by atoms with E-state index in [1.165, 1.54) is 4.88 Å². The van der Waals surface area contributed by atoms with Crippen LogP contribution < -0.4 is 5.73 Å². The maximum absolute atomic E-state index is 11.8. The van der Waals surface area contributed by atoms with E-state index in [2.05, 4.69) is 11.4 Å². The molecular weight excluding hydrogens is 256 g/mol. The van der Waals surface area contributed by atoms with Crippen molar-refractivity contribution in [1.82, 2.24) is 4.90 Å². The first-order valence-corrected chi connectivity index (χ1v) is 6.43. The Morgan fingerprint density at radius 3 is 2.65 bits per heavy atom. The molecule has 1 aromatic heterocycles. The number of thiophene rings is 1. The predicted molar refractivity (Wildman–Crippen MR) is 75.7 cm³/mol. The average Bonchev–Trinajstić information content (AvgIpc) is 2.76. The maximum Gasteiger partial charge on any atom is 0.239 e. The molecule has 1 heterocycles. The van der Waals surface area contributed by atoms with Gasteiger partial charge < -0.3 is 10.6 Å². The lowest BCUT2D eigenvalue weighted by Crippen LogP contribution is -2.45. The number of likely N-dealkylation sites (N-methyl/N-ethyl adjacent to an activating group) is 1. The van der Waals surface area contributed by atoms with Gasteiger partial charge in [-0.2, -0.15) is 0 Å². The van der Waals surface area contributed by atoms with E-state index in [0.717, 1.165) is 13.0 Å². The number of hydrogen-bond acceptors (Lipinski definition) is 3. The Morgan fingerprint density at radius 2 is 2.18 bits per heavy atom. The summed E-state index contributed by atoms with van der Waals surface area (Å²) in [6, 6.07) is 3.74. The zero-order valence-electron chi connectivity index (χ0n) is 10.6. The highest BCUT2D eigenvalue weighted by Gasteiger charge is 2.20. The fourth-order valence-corrected chi connectivity index (χ4v) is 2.08. The summed E-state index contributed by atoms with van der Waals surface area (Å²) in [5.41, 5.74) is 5.82. The second kappa shape index (κ2) is 7.69. The summed E-state index contributed by atoms with van der Waals surface area (Å²) < 4.78 is 0. The van der Waals surface area contributed by atoms with E-state index in [-0.39, 0.29) is 30.3 Å². The molecule has 1 amide bonds. The van der Waals surface area contributed by atoms with Gasteiger partial charge in [0.25, 0.3) is 0 Å². The van der Waals surface area contributed by atoms with Crippen LogP contribution in [0.2, 0.25) is 0 Å². The Balaban J connectivity index is 0.00000256. The molecule has 0 saturated carbocycles. The normalized spacial score (nSPS) is 12.1. The molecule has 0 aliphatic rings. The third-order valence-corrected chi connectivity index (χ3v) is 3.59. The van der Waals surface area contributed by atoms with Gasteiger partial charge in [-0.1, -0.05) is 19.9 Å². The van der Waals surface area contributed by atoms with Gasteiger partial charge >= 0.3 is 0 Å². The second-order valence-electron chi connectivity index (χ2n) is 4.36. The van der Waals surface area contributed by atoms with Crippen LogP contribution in [-0.2, 0) is 11.2 Å². The SMILES string of the molecule is CC(C)[C@@H](N)C(=O)N(C)CCc1cccs1.Cl. The largest absolute Gasteiger partial charge is 0.344 e. The lowest BCUT2D eigenvalue weighted by molar-refractivity contribution is -0.132. The molecule has 0 saturated heterocycles. The summed E-state index contributed by atoms with van der Waals surface area (Å²) >= 11 is 1.72. The van der Waals surface area contributed by atoms with Gasteiger partial charge in [0.1, 0.15) is 0 Å². The first-order valence-electron chi connectivity index (χ1n) is 5.55. The van der Waals surface area contributed by atoms with E-state index < -0.39 is 0 Å². The fourth-order valence-electron chi connectivity index (χ4n) is 1.38. The minimum Gasteiger partial charge on any atom is -0.344 e. The highest BCUT2D eigenvalue weighted by atomic mass is 35.5. The first kappa shape index (κ1) is 16.4. The van der Waals surface area contributed by atoms with Crippen molar-refractivity contribution < 1.29 is 4.79 Å². The summed E-state index contributed by atoms with van der Waals surface area (Å²) in [7, 11) is 1.82. The first-order chi connectivity index (χ1) is 7.52. The molecule has 0 aromatic carbocycles. The van der Waals surface area contributed by atoms with Crippen LogP contribution in [0, 0.1) is 5.92 Å². The summed E-state index contributed by atoms with van der Waals surface area (Å²) in [6.07, 6.45) is 0.907. The summed E-state index contributed by atoms with van der Waals surface area (Å²) in [5.74, 6) is 0.225. The standard InChI is InChI=1S/C12H20N2OS.ClH/c1-9(2)11(13)12(15)14(3)7-6-10-5-4-8-16-10;/h4-5,8-9,11H,6-7,13H2,1-3H3;1H/t11-;/m1./s1. The van der Waals surface area contributed by atoms with Crippen molar-refractivity contribution in [2.75, 3.05) is 13.6 Å². The van der Waals surface area contributed by atoms with Crippen LogP contribution in [-0.4, -0.2) is 30.4 Å². The molecule has 0 fully saturated rings. The van der Waals surface area contributed by atoms with Crippen LogP contribution in [0.15, 0.2) is 17.5 Å². The van der Waals surface area contributed by atoms with Crippen molar-refractivity contribution in [2.45, 2.75) is 26.3 Å². The van der Waals surface area contributed by atoms with Crippen molar-refractivity contribution >= 4 is 29.7 Å². The molecule has 3 nitrogen and oxygen atoms in total. The van der Waals surface area contributed by atoms with E-state index >= 15 is 0 Å². The maximum atomic E-state index is 11.8. The van der Waals surface area contributed by atoms with Gasteiger partial charge in [-0.05, 0) is 23.8 Å².